The monoisotopic (exact) mass is 676 g/mol. The van der Waals surface area contributed by atoms with Crippen LogP contribution in [0, 0.1) is 0 Å². The van der Waals surface area contributed by atoms with Gasteiger partial charge in [0.1, 0.15) is 36.6 Å². The molecule has 11 nitrogen and oxygen atoms in total. The number of nitrogens with two attached hydrogens (primary N) is 4. The van der Waals surface area contributed by atoms with Crippen LogP contribution >= 0.6 is 49.6 Å². The Bertz CT molecular complexity index is 978. The van der Waals surface area contributed by atoms with Crippen molar-refractivity contribution in [1.82, 2.24) is 0 Å². The smallest absolute Gasteiger partial charge is 0.176 e. The molecule has 2 saturated heterocycles. The fourth-order valence-electron chi connectivity index (χ4n) is 4.85. The third-order valence-electron chi connectivity index (χ3n) is 6.97. The predicted octanol–water partition coefficient (Wildman–Crippen LogP) is 1.26. The van der Waals surface area contributed by atoms with Crippen LogP contribution in [0.25, 0.3) is 0 Å². The van der Waals surface area contributed by atoms with Crippen LogP contribution in [0.4, 0.5) is 0 Å². The minimum Gasteiger partial charge on any atom is -0.388 e. The van der Waals surface area contributed by atoms with E-state index in [9.17, 15) is 5.11 Å². The number of hydrogen-bond acceptors (Lipinski definition) is 11. The molecule has 0 aliphatic carbocycles. The molecule has 9 N–H and O–H groups in total. The van der Waals surface area contributed by atoms with Crippen LogP contribution in [-0.2, 0) is 41.6 Å². The standard InChI is InChI=1S/C27H40N4O7.4ClH/c1-33-26-21(31)25(35-15-17-10-6-3-7-11-17)23(19(13-29)37-26)38-27-20(30)24(22(32)18(12-28)36-27)34-14-16-8-4-2-5-9-16;;;;/h2-11,18-27,32H,12-15,28-31H2,1H3;4*1H/t18-,19-,20-,21-,22-,23-,24-,25-,26+,27-;;;;/m1..../s1. The largest absolute Gasteiger partial charge is 0.388 e. The summed E-state index contributed by atoms with van der Waals surface area (Å²) >= 11 is 0. The molecule has 2 aromatic rings. The van der Waals surface area contributed by atoms with Gasteiger partial charge >= 0.3 is 0 Å². The van der Waals surface area contributed by atoms with Crippen LogP contribution in [0.15, 0.2) is 60.7 Å². The van der Waals surface area contributed by atoms with Crippen molar-refractivity contribution in [2.24, 2.45) is 22.9 Å². The highest BCUT2D eigenvalue weighted by atomic mass is 35.5. The first kappa shape index (κ1) is 41.2. The maximum absolute atomic E-state index is 10.9. The van der Waals surface area contributed by atoms with Crippen molar-refractivity contribution < 1.29 is 33.5 Å². The minimum absolute atomic E-state index is 0. The highest BCUT2D eigenvalue weighted by Gasteiger charge is 2.50. The van der Waals surface area contributed by atoms with Crippen molar-refractivity contribution in [3.8, 4) is 0 Å². The Balaban J connectivity index is 0.00000420. The number of benzene rings is 2. The molecule has 0 radical (unpaired) electrons. The maximum Gasteiger partial charge on any atom is 0.176 e. The lowest BCUT2D eigenvalue weighted by atomic mass is 9.94. The zero-order valence-corrected chi connectivity index (χ0v) is 26.5. The lowest BCUT2D eigenvalue weighted by molar-refractivity contribution is -0.326. The van der Waals surface area contributed by atoms with E-state index in [-0.39, 0.29) is 75.9 Å². The van der Waals surface area contributed by atoms with Gasteiger partial charge in [-0.3, -0.25) is 0 Å². The summed E-state index contributed by atoms with van der Waals surface area (Å²) in [6, 6.07) is 17.8. The van der Waals surface area contributed by atoms with Crippen LogP contribution in [-0.4, -0.2) is 86.6 Å². The van der Waals surface area contributed by atoms with E-state index in [4.69, 9.17) is 51.4 Å². The van der Waals surface area contributed by atoms with E-state index < -0.39 is 61.3 Å². The van der Waals surface area contributed by atoms with E-state index in [0.717, 1.165) is 11.1 Å². The molecule has 0 spiro atoms. The van der Waals surface area contributed by atoms with Crippen molar-refractivity contribution in [2.75, 3.05) is 20.2 Å². The normalized spacial score (nSPS) is 32.3. The van der Waals surface area contributed by atoms with Gasteiger partial charge < -0.3 is 56.5 Å². The molecule has 10 atom stereocenters. The quantitative estimate of drug-likeness (QED) is 0.231. The Kier molecular flexibility index (Phi) is 19.8. The molecule has 0 amide bonds. The Morgan fingerprint density at radius 3 is 1.60 bits per heavy atom. The Morgan fingerprint density at radius 1 is 0.667 bits per heavy atom. The van der Waals surface area contributed by atoms with Crippen LogP contribution in [0.2, 0.25) is 0 Å². The van der Waals surface area contributed by atoms with Gasteiger partial charge in [-0.05, 0) is 11.1 Å². The Morgan fingerprint density at radius 2 is 1.12 bits per heavy atom. The second-order valence-corrected chi connectivity index (χ2v) is 9.56. The molecule has 4 rings (SSSR count). The van der Waals surface area contributed by atoms with E-state index in [2.05, 4.69) is 0 Å². The summed E-state index contributed by atoms with van der Waals surface area (Å²) in [5.74, 6) is 0. The van der Waals surface area contributed by atoms with Gasteiger partial charge in [-0.15, -0.1) is 49.6 Å². The predicted molar refractivity (Wildman–Crippen MR) is 168 cm³/mol. The summed E-state index contributed by atoms with van der Waals surface area (Å²) in [5.41, 5.74) is 26.9. The van der Waals surface area contributed by atoms with E-state index in [1.165, 1.54) is 7.11 Å². The molecule has 0 aromatic heterocycles. The molecule has 0 saturated carbocycles. The number of methoxy groups -OCH3 is 1. The molecule has 242 valence electrons. The van der Waals surface area contributed by atoms with Crippen molar-refractivity contribution >= 4 is 49.6 Å². The van der Waals surface area contributed by atoms with Crippen molar-refractivity contribution in [3.05, 3.63) is 71.8 Å². The van der Waals surface area contributed by atoms with Crippen LogP contribution < -0.4 is 22.9 Å². The summed E-state index contributed by atoms with van der Waals surface area (Å²) in [7, 11) is 1.51. The lowest BCUT2D eigenvalue weighted by Crippen LogP contribution is -2.68. The van der Waals surface area contributed by atoms with Gasteiger partial charge in [0.05, 0.1) is 25.3 Å². The van der Waals surface area contributed by atoms with Crippen LogP contribution in [0.1, 0.15) is 11.1 Å². The van der Waals surface area contributed by atoms with Gasteiger partial charge in [0.25, 0.3) is 0 Å². The molecule has 2 aromatic carbocycles. The van der Waals surface area contributed by atoms with Crippen LogP contribution in [0.5, 0.6) is 0 Å². The second-order valence-electron chi connectivity index (χ2n) is 9.56. The fourth-order valence-corrected chi connectivity index (χ4v) is 4.85. The molecular formula is C27H44Cl4N4O7. The van der Waals surface area contributed by atoms with Gasteiger partial charge in [-0.25, -0.2) is 0 Å². The first-order valence-electron chi connectivity index (χ1n) is 12.9. The maximum atomic E-state index is 10.9. The second kappa shape index (κ2) is 20.2. The summed E-state index contributed by atoms with van der Waals surface area (Å²) in [5, 5.41) is 10.9. The number of aliphatic hydroxyl groups excluding tert-OH is 1. The highest BCUT2D eigenvalue weighted by molar-refractivity contribution is 5.86. The summed E-state index contributed by atoms with van der Waals surface area (Å²) < 4.78 is 36.2. The van der Waals surface area contributed by atoms with E-state index in [0.29, 0.717) is 0 Å². The highest BCUT2D eigenvalue weighted by Crippen LogP contribution is 2.31. The SMILES string of the molecule is CO[C@H]1O[C@H](CN)[C@@H](O[C@H]2O[C@H](CN)[C@@H](O)[C@H](OCc3ccccc3)[C@H]2N)[C@H](OCc2ccccc2)[C@H]1N.Cl.Cl.Cl.Cl. The third kappa shape index (κ3) is 10.1. The summed E-state index contributed by atoms with van der Waals surface area (Å²) in [6.07, 6.45) is -6.37. The number of ether oxygens (including phenoxy) is 6. The number of aliphatic hydroxyl groups is 1. The molecule has 15 heteroatoms. The number of rotatable bonds is 11. The van der Waals surface area contributed by atoms with E-state index in [1.54, 1.807) is 0 Å². The van der Waals surface area contributed by atoms with Crippen molar-refractivity contribution in [1.29, 1.82) is 0 Å². The molecule has 42 heavy (non-hydrogen) atoms. The molecule has 2 aliphatic rings. The Hall–Kier alpha value is -0.840. The van der Waals surface area contributed by atoms with Crippen LogP contribution in [0.3, 0.4) is 0 Å². The third-order valence-corrected chi connectivity index (χ3v) is 6.97. The molecule has 2 heterocycles. The first-order chi connectivity index (χ1) is 18.5. The van der Waals surface area contributed by atoms with Crippen molar-refractivity contribution in [3.63, 3.8) is 0 Å². The van der Waals surface area contributed by atoms with Gasteiger partial charge in [0.2, 0.25) is 0 Å². The summed E-state index contributed by atoms with van der Waals surface area (Å²) in [4.78, 5) is 0. The van der Waals surface area contributed by atoms with E-state index >= 15 is 0 Å². The van der Waals surface area contributed by atoms with Crippen molar-refractivity contribution in [2.45, 2.75) is 74.5 Å². The topological polar surface area (TPSA) is 180 Å². The summed E-state index contributed by atoms with van der Waals surface area (Å²) in [6.45, 7) is 0.694. The van der Waals surface area contributed by atoms with Gasteiger partial charge in [-0.1, -0.05) is 60.7 Å². The fraction of sp³-hybridized carbons (Fsp3) is 0.556. The lowest BCUT2D eigenvalue weighted by Gasteiger charge is -2.48. The number of hydrogen-bond donors (Lipinski definition) is 5. The van der Waals surface area contributed by atoms with E-state index in [1.807, 2.05) is 60.7 Å². The number of halogens is 4. The average Bonchev–Trinajstić information content (AvgIpc) is 2.95. The van der Waals surface area contributed by atoms with Gasteiger partial charge in [0, 0.05) is 20.2 Å². The molecule has 2 fully saturated rings. The zero-order chi connectivity index (χ0) is 27.1. The van der Waals surface area contributed by atoms with Gasteiger partial charge in [-0.2, -0.15) is 0 Å². The molecule has 2 aliphatic heterocycles. The zero-order valence-electron chi connectivity index (χ0n) is 23.2. The molecular weight excluding hydrogens is 634 g/mol. The minimum atomic E-state index is -1.04. The average molecular weight is 678 g/mol. The first-order valence-corrected chi connectivity index (χ1v) is 12.9. The molecule has 0 unspecified atom stereocenters. The molecule has 0 bridgehead atoms. The van der Waals surface area contributed by atoms with Gasteiger partial charge in [0.15, 0.2) is 12.6 Å². The Labute approximate surface area is 271 Å².